The van der Waals surface area contributed by atoms with Crippen LogP contribution in [0.25, 0.3) is 0 Å². The van der Waals surface area contributed by atoms with E-state index in [0.29, 0.717) is 30.2 Å². The van der Waals surface area contributed by atoms with Gasteiger partial charge in [0.05, 0.1) is 17.6 Å². The van der Waals surface area contributed by atoms with Gasteiger partial charge in [-0.15, -0.1) is 0 Å². The van der Waals surface area contributed by atoms with Crippen LogP contribution >= 0.6 is 0 Å². The Kier molecular flexibility index (Phi) is 7.28. The Bertz CT molecular complexity index is 956. The average molecular weight is 404 g/mol. The predicted octanol–water partition coefficient (Wildman–Crippen LogP) is 1.37. The molecule has 2 rings (SSSR count). The molecule has 0 bridgehead atoms. The van der Waals surface area contributed by atoms with Crippen LogP contribution < -0.4 is 16.0 Å². The maximum absolute atomic E-state index is 12.1. The van der Waals surface area contributed by atoms with Crippen LogP contribution in [0.1, 0.15) is 5.56 Å². The van der Waals surface area contributed by atoms with E-state index in [-0.39, 0.29) is 4.90 Å². The van der Waals surface area contributed by atoms with Crippen LogP contribution in [0.4, 0.5) is 16.3 Å². The van der Waals surface area contributed by atoms with Gasteiger partial charge in [-0.1, -0.05) is 4.47 Å². The van der Waals surface area contributed by atoms with Crippen molar-refractivity contribution in [2.75, 3.05) is 37.9 Å². The Morgan fingerprint density at radius 1 is 1.25 bits per heavy atom. The molecule has 0 spiro atoms. The minimum Gasteiger partial charge on any atom is -0.367 e. The first-order chi connectivity index (χ1) is 13.4. The van der Waals surface area contributed by atoms with Crippen molar-refractivity contribution in [3.63, 3.8) is 0 Å². The number of sulfonamides is 1. The van der Waals surface area contributed by atoms with Crippen LogP contribution in [-0.2, 0) is 14.9 Å². The molecule has 148 valence electrons. The first-order valence-corrected chi connectivity index (χ1v) is 9.59. The van der Waals surface area contributed by atoms with Crippen LogP contribution in [0.5, 0.6) is 0 Å². The molecule has 10 nitrogen and oxygen atoms in total. The lowest BCUT2D eigenvalue weighted by atomic mass is 10.3. The summed E-state index contributed by atoms with van der Waals surface area (Å²) in [7, 11) is -1.20. The van der Waals surface area contributed by atoms with Gasteiger partial charge in [0.2, 0.25) is 0 Å². The number of nitrogens with one attached hydrogen (secondary N) is 3. The first kappa shape index (κ1) is 21.1. The maximum atomic E-state index is 12.1. The third kappa shape index (κ3) is 5.40. The third-order valence-electron chi connectivity index (χ3n) is 3.64. The van der Waals surface area contributed by atoms with Gasteiger partial charge < -0.3 is 16.0 Å². The molecule has 0 saturated carbocycles. The number of amides is 2. The van der Waals surface area contributed by atoms with Crippen molar-refractivity contribution in [2.45, 2.75) is 4.90 Å². The van der Waals surface area contributed by atoms with Crippen molar-refractivity contribution in [3.8, 4) is 6.07 Å². The number of nitrogens with zero attached hydrogens (tertiary/aromatic N) is 3. The van der Waals surface area contributed by atoms with Crippen molar-refractivity contribution < 1.29 is 18.0 Å². The van der Waals surface area contributed by atoms with Crippen molar-refractivity contribution >= 4 is 27.6 Å². The molecule has 0 aliphatic heterocycles. The molecule has 0 radical (unpaired) electrons. The number of anilines is 2. The number of carbonyl (C=O) groups excluding carboxylic acids is 1. The minimum atomic E-state index is -3.74. The Morgan fingerprint density at radius 2 is 1.96 bits per heavy atom. The number of urea groups is 1. The van der Waals surface area contributed by atoms with Gasteiger partial charge in [-0.25, -0.2) is 18.2 Å². The second-order valence-corrected chi connectivity index (χ2v) is 7.38. The number of hydroxylamine groups is 1. The third-order valence-corrected chi connectivity index (χ3v) is 5.33. The molecule has 0 fully saturated rings. The zero-order valence-corrected chi connectivity index (χ0v) is 16.2. The van der Waals surface area contributed by atoms with Crippen LogP contribution in [0, 0.1) is 11.3 Å². The molecule has 0 aliphatic carbocycles. The topological polar surface area (TPSA) is 136 Å². The Balaban J connectivity index is 1.83. The molecule has 28 heavy (non-hydrogen) atoms. The molecule has 1 aromatic heterocycles. The van der Waals surface area contributed by atoms with Gasteiger partial charge in [0.25, 0.3) is 10.0 Å². The Hall–Kier alpha value is -3.20. The summed E-state index contributed by atoms with van der Waals surface area (Å²) in [5.74, 6) is 0.449. The Labute approximate surface area is 163 Å². The van der Waals surface area contributed by atoms with E-state index in [0.717, 1.165) is 4.47 Å². The molecule has 1 aromatic carbocycles. The standard InChI is InChI=1S/C17H20N6O4S/c1-23(27-2)28(25,26)15-7-5-14(6-8-15)22-17(24)21-11-10-20-16-13(12-18)4-3-9-19-16/h3-9H,10-11H2,1-2H3,(H,19,20)(H2,21,22,24). The molecule has 11 heteroatoms. The molecule has 0 aliphatic rings. The van der Waals surface area contributed by atoms with E-state index >= 15 is 0 Å². The highest BCUT2D eigenvalue weighted by Gasteiger charge is 2.20. The number of pyridine rings is 1. The van der Waals surface area contributed by atoms with Crippen molar-refractivity contribution in [3.05, 3.63) is 48.2 Å². The first-order valence-electron chi connectivity index (χ1n) is 8.15. The number of nitriles is 1. The minimum absolute atomic E-state index is 0.0377. The maximum Gasteiger partial charge on any atom is 0.319 e. The number of benzene rings is 1. The summed E-state index contributed by atoms with van der Waals surface area (Å²) in [5, 5.41) is 17.2. The SMILES string of the molecule is CON(C)S(=O)(=O)c1ccc(NC(=O)NCCNc2ncccc2C#N)cc1. The van der Waals surface area contributed by atoms with E-state index in [1.165, 1.54) is 38.4 Å². The molecule has 0 atom stereocenters. The lowest BCUT2D eigenvalue weighted by molar-refractivity contribution is -0.0258. The smallest absolute Gasteiger partial charge is 0.319 e. The highest BCUT2D eigenvalue weighted by molar-refractivity contribution is 7.89. The number of aromatic nitrogens is 1. The van der Waals surface area contributed by atoms with E-state index in [4.69, 9.17) is 10.1 Å². The highest BCUT2D eigenvalue weighted by atomic mass is 32.2. The van der Waals surface area contributed by atoms with Crippen molar-refractivity contribution in [1.82, 2.24) is 14.8 Å². The monoisotopic (exact) mass is 404 g/mol. The summed E-state index contributed by atoms with van der Waals surface area (Å²) in [6.07, 6.45) is 1.57. The lowest BCUT2D eigenvalue weighted by Gasteiger charge is -2.14. The van der Waals surface area contributed by atoms with Gasteiger partial charge in [0, 0.05) is 32.0 Å². The predicted molar refractivity (Wildman–Crippen MR) is 103 cm³/mol. The van der Waals surface area contributed by atoms with E-state index in [2.05, 4.69) is 20.9 Å². The molecule has 1 heterocycles. The molecule has 2 aromatic rings. The second kappa shape index (κ2) is 9.65. The van der Waals surface area contributed by atoms with Crippen LogP contribution in [0.2, 0.25) is 0 Å². The normalized spacial score (nSPS) is 10.9. The number of hydrogen-bond donors (Lipinski definition) is 3. The molecule has 3 N–H and O–H groups in total. The Morgan fingerprint density at radius 3 is 2.61 bits per heavy atom. The number of hydrogen-bond acceptors (Lipinski definition) is 7. The average Bonchev–Trinajstić information content (AvgIpc) is 2.71. The molecule has 0 unspecified atom stereocenters. The summed E-state index contributed by atoms with van der Waals surface area (Å²) in [6.45, 7) is 0.665. The zero-order valence-electron chi connectivity index (χ0n) is 15.3. The molecular formula is C17H20N6O4S. The summed E-state index contributed by atoms with van der Waals surface area (Å²) < 4.78 is 25.0. The second-order valence-electron chi connectivity index (χ2n) is 5.44. The van der Waals surface area contributed by atoms with Gasteiger partial charge in [-0.3, -0.25) is 4.84 Å². The van der Waals surface area contributed by atoms with Gasteiger partial charge in [0.15, 0.2) is 0 Å². The fourth-order valence-corrected chi connectivity index (χ4v) is 3.10. The van der Waals surface area contributed by atoms with Gasteiger partial charge in [0.1, 0.15) is 11.9 Å². The molecule has 2 amide bonds. The van der Waals surface area contributed by atoms with Crippen LogP contribution in [-0.4, -0.2) is 51.1 Å². The van der Waals surface area contributed by atoms with Crippen LogP contribution in [0.3, 0.4) is 0 Å². The number of rotatable bonds is 8. The van der Waals surface area contributed by atoms with E-state index in [1.54, 1.807) is 18.3 Å². The fraction of sp³-hybridized carbons (Fsp3) is 0.235. The molecule has 0 saturated heterocycles. The van der Waals surface area contributed by atoms with Crippen LogP contribution in [0.15, 0.2) is 47.5 Å². The van der Waals surface area contributed by atoms with E-state index in [9.17, 15) is 13.2 Å². The van der Waals surface area contributed by atoms with Gasteiger partial charge >= 0.3 is 6.03 Å². The van der Waals surface area contributed by atoms with Crippen molar-refractivity contribution in [1.29, 1.82) is 5.26 Å². The fourth-order valence-electron chi connectivity index (χ4n) is 2.13. The van der Waals surface area contributed by atoms with E-state index in [1.807, 2.05) is 6.07 Å². The van der Waals surface area contributed by atoms with Gasteiger partial charge in [-0.05, 0) is 36.4 Å². The van der Waals surface area contributed by atoms with Gasteiger partial charge in [-0.2, -0.15) is 5.26 Å². The summed E-state index contributed by atoms with van der Waals surface area (Å²) in [5.41, 5.74) is 0.849. The van der Waals surface area contributed by atoms with E-state index < -0.39 is 16.1 Å². The lowest BCUT2D eigenvalue weighted by Crippen LogP contribution is -2.32. The number of carbonyl (C=O) groups is 1. The molecular weight excluding hydrogens is 384 g/mol. The zero-order chi connectivity index (χ0) is 20.6. The summed E-state index contributed by atoms with van der Waals surface area (Å²) in [6, 6.07) is 10.6. The quantitative estimate of drug-likeness (QED) is 0.446. The summed E-state index contributed by atoms with van der Waals surface area (Å²) in [4.78, 5) is 20.7. The largest absolute Gasteiger partial charge is 0.367 e. The summed E-state index contributed by atoms with van der Waals surface area (Å²) >= 11 is 0. The van der Waals surface area contributed by atoms with Crippen molar-refractivity contribution in [2.24, 2.45) is 0 Å². The highest BCUT2D eigenvalue weighted by Crippen LogP contribution is 2.17.